The summed E-state index contributed by atoms with van der Waals surface area (Å²) in [5, 5.41) is 6.01. The van der Waals surface area contributed by atoms with Crippen LogP contribution in [0.5, 0.6) is 0 Å². The first-order valence-corrected chi connectivity index (χ1v) is 9.90. The summed E-state index contributed by atoms with van der Waals surface area (Å²) in [6.45, 7) is 4.02. The highest BCUT2D eigenvalue weighted by Gasteiger charge is 2.29. The number of likely N-dealkylation sites (tertiary alicyclic amines) is 1. The molecule has 3 aromatic rings. The molecule has 1 aliphatic rings. The third-order valence-corrected chi connectivity index (χ3v) is 5.93. The third-order valence-electron chi connectivity index (χ3n) is 4.48. The largest absolute Gasteiger partial charge is 0.337 e. The first-order chi connectivity index (χ1) is 12.2. The van der Waals surface area contributed by atoms with E-state index in [1.54, 1.807) is 11.3 Å². The van der Waals surface area contributed by atoms with Crippen LogP contribution in [-0.4, -0.2) is 48.0 Å². The first kappa shape index (κ1) is 16.3. The van der Waals surface area contributed by atoms with Crippen LogP contribution in [0.15, 0.2) is 23.3 Å². The van der Waals surface area contributed by atoms with Gasteiger partial charge in [0.25, 0.3) is 5.91 Å². The average molecular weight is 374 g/mol. The molecular formula is C16H18N6OS2. The van der Waals surface area contributed by atoms with Gasteiger partial charge in [-0.1, -0.05) is 4.49 Å². The predicted octanol–water partition coefficient (Wildman–Crippen LogP) is 2.57. The fourth-order valence-corrected chi connectivity index (χ4v) is 4.42. The molecule has 1 atom stereocenters. The van der Waals surface area contributed by atoms with Crippen molar-refractivity contribution in [3.05, 3.63) is 45.4 Å². The summed E-state index contributed by atoms with van der Waals surface area (Å²) in [7, 11) is 0. The van der Waals surface area contributed by atoms with Crippen molar-refractivity contribution in [2.45, 2.75) is 32.2 Å². The summed E-state index contributed by atoms with van der Waals surface area (Å²) >= 11 is 2.77. The maximum absolute atomic E-state index is 12.8. The summed E-state index contributed by atoms with van der Waals surface area (Å²) in [5.41, 5.74) is 3.60. The van der Waals surface area contributed by atoms with E-state index in [9.17, 15) is 4.79 Å². The van der Waals surface area contributed by atoms with E-state index >= 15 is 0 Å². The van der Waals surface area contributed by atoms with Crippen molar-refractivity contribution >= 4 is 28.8 Å². The molecule has 25 heavy (non-hydrogen) atoms. The number of aryl methyl sites for hydroxylation is 1. The Morgan fingerprint density at radius 1 is 1.40 bits per heavy atom. The Balaban J connectivity index is 1.51. The number of piperidine rings is 1. The monoisotopic (exact) mass is 374 g/mol. The third kappa shape index (κ3) is 3.34. The number of rotatable bonds is 4. The Labute approximate surface area is 153 Å². The highest BCUT2D eigenvalue weighted by molar-refractivity contribution is 7.08. The van der Waals surface area contributed by atoms with E-state index in [2.05, 4.69) is 29.5 Å². The lowest BCUT2D eigenvalue weighted by Crippen LogP contribution is -2.39. The van der Waals surface area contributed by atoms with Crippen LogP contribution in [-0.2, 0) is 6.54 Å². The van der Waals surface area contributed by atoms with E-state index < -0.39 is 0 Å². The molecule has 130 valence electrons. The van der Waals surface area contributed by atoms with Crippen molar-refractivity contribution < 1.29 is 4.79 Å². The maximum Gasteiger partial charge on any atom is 0.267 e. The van der Waals surface area contributed by atoms with E-state index in [4.69, 9.17) is 0 Å². The molecule has 1 amide bonds. The number of nitrogens with zero attached hydrogens (tertiary/aromatic N) is 6. The molecule has 0 bridgehead atoms. The van der Waals surface area contributed by atoms with Gasteiger partial charge < -0.3 is 9.47 Å². The van der Waals surface area contributed by atoms with Crippen molar-refractivity contribution in [3.63, 3.8) is 0 Å². The second kappa shape index (κ2) is 7.01. The summed E-state index contributed by atoms with van der Waals surface area (Å²) in [6.07, 6.45) is 5.84. The van der Waals surface area contributed by atoms with Gasteiger partial charge in [0.2, 0.25) is 0 Å². The Morgan fingerprint density at radius 3 is 3.08 bits per heavy atom. The molecule has 0 spiro atoms. The molecule has 4 rings (SSSR count). The summed E-state index contributed by atoms with van der Waals surface area (Å²) in [6, 6.07) is 0. The average Bonchev–Trinajstić information content (AvgIpc) is 3.37. The minimum Gasteiger partial charge on any atom is -0.337 e. The van der Waals surface area contributed by atoms with Crippen LogP contribution in [0.2, 0.25) is 0 Å². The Hall–Kier alpha value is -2.13. The zero-order chi connectivity index (χ0) is 17.2. The van der Waals surface area contributed by atoms with E-state index in [-0.39, 0.29) is 11.8 Å². The number of amides is 1. The molecule has 9 heteroatoms. The molecule has 1 saturated heterocycles. The first-order valence-electron chi connectivity index (χ1n) is 8.18. The highest BCUT2D eigenvalue weighted by Crippen LogP contribution is 2.28. The number of hydrogen-bond donors (Lipinski definition) is 0. The van der Waals surface area contributed by atoms with Crippen LogP contribution < -0.4 is 0 Å². The van der Waals surface area contributed by atoms with Crippen LogP contribution >= 0.6 is 22.9 Å². The number of thiazole rings is 1. The van der Waals surface area contributed by atoms with Crippen molar-refractivity contribution in [2.24, 2.45) is 0 Å². The van der Waals surface area contributed by atoms with Gasteiger partial charge in [-0.15, -0.1) is 16.4 Å². The number of aromatic nitrogens is 5. The fourth-order valence-electron chi connectivity index (χ4n) is 3.25. The predicted molar refractivity (Wildman–Crippen MR) is 96.0 cm³/mol. The lowest BCUT2D eigenvalue weighted by Gasteiger charge is -2.32. The summed E-state index contributed by atoms with van der Waals surface area (Å²) in [4.78, 5) is 24.2. The van der Waals surface area contributed by atoms with Crippen molar-refractivity contribution in [1.82, 2.24) is 29.0 Å². The van der Waals surface area contributed by atoms with E-state index in [0.717, 1.165) is 37.4 Å². The van der Waals surface area contributed by atoms with Gasteiger partial charge >= 0.3 is 0 Å². The van der Waals surface area contributed by atoms with Gasteiger partial charge in [0, 0.05) is 36.8 Å². The quantitative estimate of drug-likeness (QED) is 0.701. The molecule has 0 radical (unpaired) electrons. The molecule has 0 aromatic carbocycles. The number of hydrogen-bond acceptors (Lipinski definition) is 7. The van der Waals surface area contributed by atoms with Gasteiger partial charge in [-0.05, 0) is 31.3 Å². The molecule has 4 heterocycles. The Kier molecular flexibility index (Phi) is 4.58. The van der Waals surface area contributed by atoms with Gasteiger partial charge in [0.15, 0.2) is 0 Å². The SMILES string of the molecule is Cc1nnsc1C(=O)N1CCC[C@H](c2nccn2Cc2cscn2)C1. The summed E-state index contributed by atoms with van der Waals surface area (Å²) in [5.74, 6) is 1.31. The molecule has 1 aliphatic heterocycles. The smallest absolute Gasteiger partial charge is 0.267 e. The van der Waals surface area contributed by atoms with Crippen LogP contribution in [0.3, 0.4) is 0 Å². The Bertz CT molecular complexity index is 856. The van der Waals surface area contributed by atoms with Crippen LogP contribution in [0, 0.1) is 6.92 Å². The van der Waals surface area contributed by atoms with Crippen molar-refractivity contribution in [1.29, 1.82) is 0 Å². The number of carbonyl (C=O) groups is 1. The molecule has 0 N–H and O–H groups in total. The van der Waals surface area contributed by atoms with Crippen LogP contribution in [0.1, 0.15) is 45.6 Å². The molecule has 7 nitrogen and oxygen atoms in total. The van der Waals surface area contributed by atoms with Crippen molar-refractivity contribution in [2.75, 3.05) is 13.1 Å². The van der Waals surface area contributed by atoms with Crippen LogP contribution in [0.4, 0.5) is 0 Å². The molecule has 0 saturated carbocycles. The van der Waals surface area contributed by atoms with E-state index in [1.807, 2.05) is 29.7 Å². The highest BCUT2D eigenvalue weighted by atomic mass is 32.1. The molecule has 0 unspecified atom stereocenters. The minimum absolute atomic E-state index is 0.0369. The Morgan fingerprint density at radius 2 is 2.32 bits per heavy atom. The lowest BCUT2D eigenvalue weighted by molar-refractivity contribution is 0.0707. The molecule has 1 fully saturated rings. The standard InChI is InChI=1S/C16H18N6OS2/c1-11-14(25-20-19-11)16(23)22-5-2-3-12(7-22)15-17-4-6-21(15)8-13-9-24-10-18-13/h4,6,9-10,12H,2-3,5,7-8H2,1H3/t12-/m0/s1. The van der Waals surface area contributed by atoms with E-state index in [1.165, 1.54) is 11.5 Å². The second-order valence-corrected chi connectivity index (χ2v) is 7.64. The van der Waals surface area contributed by atoms with Gasteiger partial charge in [-0.2, -0.15) is 0 Å². The molecule has 3 aromatic heterocycles. The van der Waals surface area contributed by atoms with E-state index in [0.29, 0.717) is 17.1 Å². The topological polar surface area (TPSA) is 76.8 Å². The summed E-state index contributed by atoms with van der Waals surface area (Å²) < 4.78 is 6.03. The van der Waals surface area contributed by atoms with Gasteiger partial charge in [0.05, 0.1) is 23.4 Å². The molecule has 0 aliphatic carbocycles. The number of imidazole rings is 1. The lowest BCUT2D eigenvalue weighted by atomic mass is 9.97. The zero-order valence-electron chi connectivity index (χ0n) is 13.8. The van der Waals surface area contributed by atoms with Crippen molar-refractivity contribution in [3.8, 4) is 0 Å². The van der Waals surface area contributed by atoms with Gasteiger partial charge in [-0.25, -0.2) is 9.97 Å². The fraction of sp³-hybridized carbons (Fsp3) is 0.438. The zero-order valence-corrected chi connectivity index (χ0v) is 15.5. The van der Waals surface area contributed by atoms with Gasteiger partial charge in [-0.3, -0.25) is 4.79 Å². The normalized spacial score (nSPS) is 17.8. The molecular weight excluding hydrogens is 356 g/mol. The van der Waals surface area contributed by atoms with Crippen LogP contribution in [0.25, 0.3) is 0 Å². The van der Waals surface area contributed by atoms with Gasteiger partial charge in [0.1, 0.15) is 10.7 Å². The number of carbonyl (C=O) groups excluding carboxylic acids is 1. The second-order valence-electron chi connectivity index (χ2n) is 6.17. The maximum atomic E-state index is 12.8. The minimum atomic E-state index is 0.0369.